The molecule has 1 unspecified atom stereocenters. The van der Waals surface area contributed by atoms with Crippen LogP contribution in [0.25, 0.3) is 0 Å². The molecular weight excluding hydrogens is 374 g/mol. The number of nitrogens with one attached hydrogen (secondary N) is 1. The highest BCUT2D eigenvalue weighted by Crippen LogP contribution is 2.30. The van der Waals surface area contributed by atoms with Gasteiger partial charge >= 0.3 is 0 Å². The molecule has 1 aliphatic rings. The smallest absolute Gasteiger partial charge is 0.293 e. The van der Waals surface area contributed by atoms with Crippen molar-refractivity contribution in [2.24, 2.45) is 0 Å². The molecule has 0 bridgehead atoms. The number of carbonyl (C=O) groups excluding carboxylic acids is 1. The summed E-state index contributed by atoms with van der Waals surface area (Å²) in [4.78, 5) is 25.9. The molecule has 1 aliphatic heterocycles. The quantitative estimate of drug-likeness (QED) is 0.567. The minimum atomic E-state index is -0.442. The number of hydrogen-bond donors (Lipinski definition) is 1. The van der Waals surface area contributed by atoms with Crippen molar-refractivity contribution in [3.63, 3.8) is 0 Å². The molecule has 154 valence electrons. The van der Waals surface area contributed by atoms with Crippen molar-refractivity contribution in [3.8, 4) is 5.75 Å². The average molecular weight is 399 g/mol. The Hall–Kier alpha value is -3.13. The molecule has 0 radical (unpaired) electrons. The van der Waals surface area contributed by atoms with Gasteiger partial charge in [0.05, 0.1) is 31.3 Å². The number of nitro groups is 1. The lowest BCUT2D eigenvalue weighted by atomic mass is 10.0. The van der Waals surface area contributed by atoms with Crippen LogP contribution in [0.2, 0.25) is 0 Å². The maximum Gasteiger partial charge on any atom is 0.293 e. The minimum absolute atomic E-state index is 0.0722. The van der Waals surface area contributed by atoms with Gasteiger partial charge in [-0.05, 0) is 36.2 Å². The van der Waals surface area contributed by atoms with Crippen LogP contribution in [0.3, 0.4) is 0 Å². The average Bonchev–Trinajstić information content (AvgIpc) is 2.77. The van der Waals surface area contributed by atoms with Gasteiger partial charge in [-0.25, -0.2) is 0 Å². The number of anilines is 1. The van der Waals surface area contributed by atoms with E-state index in [4.69, 9.17) is 9.47 Å². The number of nitrogens with zero attached hydrogens (tertiary/aromatic N) is 2. The molecule has 0 spiro atoms. The molecule has 1 atom stereocenters. The predicted molar refractivity (Wildman–Crippen MR) is 110 cm³/mol. The van der Waals surface area contributed by atoms with E-state index in [-0.39, 0.29) is 23.2 Å². The Labute approximate surface area is 169 Å². The molecule has 2 aromatic rings. The molecule has 8 heteroatoms. The SMILES string of the molecule is CCC(NC(=O)c1ccc(N2CCOCC2)c([N+](=O)[O-])c1)c1ccc(OC)cc1. The van der Waals surface area contributed by atoms with Gasteiger partial charge in [0.25, 0.3) is 11.6 Å². The standard InChI is InChI=1S/C21H25N3O5/c1-3-18(15-4-7-17(28-2)8-5-15)22-21(25)16-6-9-19(20(14-16)24(26)27)23-10-12-29-13-11-23/h4-9,14,18H,3,10-13H2,1-2H3,(H,22,25). The van der Waals surface area contributed by atoms with E-state index in [1.807, 2.05) is 36.1 Å². The second-order valence-electron chi connectivity index (χ2n) is 6.77. The molecule has 3 rings (SSSR count). The normalized spacial score (nSPS) is 14.9. The molecule has 0 aliphatic carbocycles. The molecule has 2 aromatic carbocycles. The van der Waals surface area contributed by atoms with Crippen molar-refractivity contribution in [2.45, 2.75) is 19.4 Å². The van der Waals surface area contributed by atoms with Crippen LogP contribution in [-0.4, -0.2) is 44.2 Å². The summed E-state index contributed by atoms with van der Waals surface area (Å²) in [6, 6.07) is 11.9. The zero-order valence-electron chi connectivity index (χ0n) is 16.6. The van der Waals surface area contributed by atoms with E-state index < -0.39 is 4.92 Å². The number of amides is 1. The minimum Gasteiger partial charge on any atom is -0.497 e. The topological polar surface area (TPSA) is 93.9 Å². The summed E-state index contributed by atoms with van der Waals surface area (Å²) in [6.45, 7) is 4.20. The first-order chi connectivity index (χ1) is 14.0. The maximum absolute atomic E-state index is 12.8. The van der Waals surface area contributed by atoms with E-state index in [0.29, 0.717) is 38.4 Å². The number of ether oxygens (including phenoxy) is 2. The van der Waals surface area contributed by atoms with Crippen LogP contribution >= 0.6 is 0 Å². The van der Waals surface area contributed by atoms with Crippen LogP contribution < -0.4 is 15.0 Å². The number of hydrogen-bond acceptors (Lipinski definition) is 6. The van der Waals surface area contributed by atoms with Crippen LogP contribution in [0.4, 0.5) is 11.4 Å². The number of benzene rings is 2. The summed E-state index contributed by atoms with van der Waals surface area (Å²) in [5.74, 6) is 0.397. The zero-order valence-corrected chi connectivity index (χ0v) is 16.6. The van der Waals surface area contributed by atoms with Crippen LogP contribution in [0.1, 0.15) is 35.3 Å². The Balaban J connectivity index is 1.80. The summed E-state index contributed by atoms with van der Waals surface area (Å²) >= 11 is 0. The van der Waals surface area contributed by atoms with E-state index in [1.54, 1.807) is 19.2 Å². The number of morpholine rings is 1. The Morgan fingerprint density at radius 2 is 1.93 bits per heavy atom. The highest BCUT2D eigenvalue weighted by atomic mass is 16.6. The number of methoxy groups -OCH3 is 1. The second-order valence-corrected chi connectivity index (χ2v) is 6.77. The molecule has 0 aromatic heterocycles. The van der Waals surface area contributed by atoms with Gasteiger partial charge in [0.1, 0.15) is 11.4 Å². The van der Waals surface area contributed by atoms with Gasteiger partial charge in [-0.15, -0.1) is 0 Å². The lowest BCUT2D eigenvalue weighted by Gasteiger charge is -2.28. The summed E-state index contributed by atoms with van der Waals surface area (Å²) in [7, 11) is 1.60. The van der Waals surface area contributed by atoms with Crippen LogP contribution in [0, 0.1) is 10.1 Å². The van der Waals surface area contributed by atoms with E-state index >= 15 is 0 Å². The van der Waals surface area contributed by atoms with Gasteiger partial charge in [0.2, 0.25) is 0 Å². The van der Waals surface area contributed by atoms with Gasteiger partial charge in [0.15, 0.2) is 0 Å². The van der Waals surface area contributed by atoms with Gasteiger partial charge in [-0.3, -0.25) is 14.9 Å². The first-order valence-electron chi connectivity index (χ1n) is 9.59. The summed E-state index contributed by atoms with van der Waals surface area (Å²) in [5.41, 5.74) is 1.65. The zero-order chi connectivity index (χ0) is 20.8. The molecule has 8 nitrogen and oxygen atoms in total. The van der Waals surface area contributed by atoms with Gasteiger partial charge in [-0.1, -0.05) is 19.1 Å². The highest BCUT2D eigenvalue weighted by molar-refractivity contribution is 5.96. The van der Waals surface area contributed by atoms with Crippen molar-refractivity contribution in [1.29, 1.82) is 0 Å². The molecule has 29 heavy (non-hydrogen) atoms. The van der Waals surface area contributed by atoms with Crippen molar-refractivity contribution >= 4 is 17.3 Å². The molecule has 1 fully saturated rings. The first kappa shape index (κ1) is 20.6. The third kappa shape index (κ3) is 4.83. The van der Waals surface area contributed by atoms with Crippen LogP contribution in [0.5, 0.6) is 5.75 Å². The third-order valence-electron chi connectivity index (χ3n) is 5.02. The van der Waals surface area contributed by atoms with Crippen molar-refractivity contribution in [1.82, 2.24) is 5.32 Å². The van der Waals surface area contributed by atoms with Crippen molar-refractivity contribution < 1.29 is 19.2 Å². The molecular formula is C21H25N3O5. The molecule has 0 saturated carbocycles. The molecule has 1 heterocycles. The fourth-order valence-electron chi connectivity index (χ4n) is 3.38. The van der Waals surface area contributed by atoms with Gasteiger partial charge in [-0.2, -0.15) is 0 Å². The fraction of sp³-hybridized carbons (Fsp3) is 0.381. The first-order valence-corrected chi connectivity index (χ1v) is 9.59. The second kappa shape index (κ2) is 9.38. The maximum atomic E-state index is 12.8. The van der Waals surface area contributed by atoms with Crippen molar-refractivity contribution in [3.05, 3.63) is 63.7 Å². The summed E-state index contributed by atoms with van der Waals surface area (Å²) in [5, 5.41) is 14.6. The fourth-order valence-corrected chi connectivity index (χ4v) is 3.38. The lowest BCUT2D eigenvalue weighted by molar-refractivity contribution is -0.384. The number of nitro benzene ring substituents is 1. The van der Waals surface area contributed by atoms with Crippen LogP contribution in [0.15, 0.2) is 42.5 Å². The lowest BCUT2D eigenvalue weighted by Crippen LogP contribution is -2.36. The highest BCUT2D eigenvalue weighted by Gasteiger charge is 2.24. The Morgan fingerprint density at radius 3 is 2.52 bits per heavy atom. The number of rotatable bonds is 7. The van der Waals surface area contributed by atoms with Crippen molar-refractivity contribution in [2.75, 3.05) is 38.3 Å². The largest absolute Gasteiger partial charge is 0.497 e. The van der Waals surface area contributed by atoms with E-state index in [1.165, 1.54) is 6.07 Å². The van der Waals surface area contributed by atoms with Gasteiger partial charge in [0, 0.05) is 24.7 Å². The summed E-state index contributed by atoms with van der Waals surface area (Å²) < 4.78 is 10.5. The summed E-state index contributed by atoms with van der Waals surface area (Å²) in [6.07, 6.45) is 0.687. The molecule has 1 amide bonds. The van der Waals surface area contributed by atoms with E-state index in [2.05, 4.69) is 5.32 Å². The monoisotopic (exact) mass is 399 g/mol. The Kier molecular flexibility index (Phi) is 6.66. The Morgan fingerprint density at radius 1 is 1.24 bits per heavy atom. The van der Waals surface area contributed by atoms with E-state index in [9.17, 15) is 14.9 Å². The Bertz CT molecular complexity index is 863. The predicted octanol–water partition coefficient (Wildman–Crippen LogP) is 3.32. The van der Waals surface area contributed by atoms with Crippen LogP contribution in [-0.2, 0) is 4.74 Å². The molecule has 1 saturated heterocycles. The van der Waals surface area contributed by atoms with Gasteiger partial charge < -0.3 is 19.7 Å². The molecule has 1 N–H and O–H groups in total. The third-order valence-corrected chi connectivity index (χ3v) is 5.02. The van der Waals surface area contributed by atoms with E-state index in [0.717, 1.165) is 11.3 Å². The number of carbonyl (C=O) groups is 1.